The summed E-state index contributed by atoms with van der Waals surface area (Å²) in [5.41, 5.74) is 3.11. The molecule has 1 fully saturated rings. The maximum Gasteiger partial charge on any atom is 0.321 e. The standard InChI is InChI=1S/C20H24N4O2/c1-21-19(25)23-11-13-24(14-12-23)20(26)22-18-10-6-5-9-17(18)15-16-7-3-2-4-8-16/h2-10H,11-15H2,1H3,(H,21,25)(H,22,26). The summed E-state index contributed by atoms with van der Waals surface area (Å²) in [4.78, 5) is 27.7. The number of benzene rings is 2. The summed E-state index contributed by atoms with van der Waals surface area (Å²) >= 11 is 0. The second kappa shape index (κ2) is 8.38. The molecule has 0 spiro atoms. The molecule has 0 atom stereocenters. The maximum absolute atomic E-state index is 12.6. The molecule has 1 heterocycles. The smallest absolute Gasteiger partial charge is 0.321 e. The fourth-order valence-electron chi connectivity index (χ4n) is 3.08. The Labute approximate surface area is 153 Å². The zero-order valence-corrected chi connectivity index (χ0v) is 14.9. The average molecular weight is 352 g/mol. The molecule has 6 nitrogen and oxygen atoms in total. The molecule has 0 radical (unpaired) electrons. The fraction of sp³-hybridized carbons (Fsp3) is 0.300. The molecule has 0 saturated carbocycles. The molecular weight excluding hydrogens is 328 g/mol. The van der Waals surface area contributed by atoms with Gasteiger partial charge in [0.05, 0.1) is 0 Å². The van der Waals surface area contributed by atoms with Crippen molar-refractivity contribution < 1.29 is 9.59 Å². The molecule has 0 aromatic heterocycles. The number of amides is 4. The van der Waals surface area contributed by atoms with E-state index in [2.05, 4.69) is 22.8 Å². The van der Waals surface area contributed by atoms with E-state index >= 15 is 0 Å². The summed E-state index contributed by atoms with van der Waals surface area (Å²) in [6.07, 6.45) is 0.766. The summed E-state index contributed by atoms with van der Waals surface area (Å²) in [7, 11) is 1.62. The Morgan fingerprint density at radius 2 is 1.42 bits per heavy atom. The molecule has 2 aromatic carbocycles. The quantitative estimate of drug-likeness (QED) is 0.892. The molecule has 2 aromatic rings. The highest BCUT2D eigenvalue weighted by molar-refractivity contribution is 5.90. The van der Waals surface area contributed by atoms with Gasteiger partial charge < -0.3 is 20.4 Å². The summed E-state index contributed by atoms with van der Waals surface area (Å²) in [6, 6.07) is 17.8. The van der Waals surface area contributed by atoms with Crippen LogP contribution < -0.4 is 10.6 Å². The van der Waals surface area contributed by atoms with Crippen LogP contribution in [0.15, 0.2) is 54.6 Å². The lowest BCUT2D eigenvalue weighted by Crippen LogP contribution is -2.53. The minimum absolute atomic E-state index is 0.0988. The van der Waals surface area contributed by atoms with Crippen molar-refractivity contribution in [2.45, 2.75) is 6.42 Å². The van der Waals surface area contributed by atoms with Crippen LogP contribution in [0.2, 0.25) is 0 Å². The summed E-state index contributed by atoms with van der Waals surface area (Å²) in [6.45, 7) is 2.14. The van der Waals surface area contributed by atoms with E-state index in [1.807, 2.05) is 42.5 Å². The van der Waals surface area contributed by atoms with Gasteiger partial charge in [0, 0.05) is 38.9 Å². The number of rotatable bonds is 3. The van der Waals surface area contributed by atoms with Gasteiger partial charge >= 0.3 is 12.1 Å². The van der Waals surface area contributed by atoms with Crippen LogP contribution in [-0.4, -0.2) is 55.1 Å². The van der Waals surface area contributed by atoms with Gasteiger partial charge in [0.25, 0.3) is 0 Å². The zero-order valence-electron chi connectivity index (χ0n) is 14.9. The van der Waals surface area contributed by atoms with Gasteiger partial charge in [-0.15, -0.1) is 0 Å². The lowest BCUT2D eigenvalue weighted by Gasteiger charge is -2.34. The topological polar surface area (TPSA) is 64.7 Å². The van der Waals surface area contributed by atoms with E-state index in [1.54, 1.807) is 16.8 Å². The molecule has 136 valence electrons. The first-order valence-corrected chi connectivity index (χ1v) is 8.82. The van der Waals surface area contributed by atoms with Crippen molar-refractivity contribution >= 4 is 17.7 Å². The van der Waals surface area contributed by atoms with Gasteiger partial charge in [0.15, 0.2) is 0 Å². The first kappa shape index (κ1) is 17.8. The lowest BCUT2D eigenvalue weighted by molar-refractivity contribution is 0.150. The third kappa shape index (κ3) is 4.33. The van der Waals surface area contributed by atoms with E-state index in [-0.39, 0.29) is 12.1 Å². The van der Waals surface area contributed by atoms with Crippen LogP contribution in [0.4, 0.5) is 15.3 Å². The molecule has 0 aliphatic carbocycles. The van der Waals surface area contributed by atoms with Crippen molar-refractivity contribution in [3.05, 3.63) is 65.7 Å². The number of para-hydroxylation sites is 1. The second-order valence-corrected chi connectivity index (χ2v) is 6.28. The number of hydrogen-bond acceptors (Lipinski definition) is 2. The van der Waals surface area contributed by atoms with Gasteiger partial charge in [-0.05, 0) is 23.6 Å². The zero-order chi connectivity index (χ0) is 18.4. The normalized spacial score (nSPS) is 14.0. The Balaban J connectivity index is 1.62. The number of nitrogens with one attached hydrogen (secondary N) is 2. The van der Waals surface area contributed by atoms with Crippen molar-refractivity contribution in [3.63, 3.8) is 0 Å². The Morgan fingerprint density at radius 1 is 0.846 bits per heavy atom. The molecular formula is C20H24N4O2. The van der Waals surface area contributed by atoms with Crippen LogP contribution in [0.5, 0.6) is 0 Å². The van der Waals surface area contributed by atoms with Crippen molar-refractivity contribution in [1.82, 2.24) is 15.1 Å². The van der Waals surface area contributed by atoms with E-state index in [0.717, 1.165) is 17.7 Å². The Hall–Kier alpha value is -3.02. The van der Waals surface area contributed by atoms with E-state index in [4.69, 9.17) is 0 Å². The molecule has 0 unspecified atom stereocenters. The third-order valence-corrected chi connectivity index (χ3v) is 4.56. The van der Waals surface area contributed by atoms with Crippen LogP contribution in [-0.2, 0) is 6.42 Å². The number of hydrogen-bond donors (Lipinski definition) is 2. The molecule has 6 heteroatoms. The van der Waals surface area contributed by atoms with Gasteiger partial charge in [0.1, 0.15) is 0 Å². The van der Waals surface area contributed by atoms with E-state index in [0.29, 0.717) is 26.2 Å². The van der Waals surface area contributed by atoms with E-state index in [9.17, 15) is 9.59 Å². The molecule has 2 N–H and O–H groups in total. The Kier molecular flexibility index (Phi) is 5.73. The minimum Gasteiger partial charge on any atom is -0.341 e. The van der Waals surface area contributed by atoms with Crippen LogP contribution in [0, 0.1) is 0 Å². The number of piperazine rings is 1. The highest BCUT2D eigenvalue weighted by Crippen LogP contribution is 2.20. The first-order valence-electron chi connectivity index (χ1n) is 8.82. The number of carbonyl (C=O) groups is 2. The number of urea groups is 2. The van der Waals surface area contributed by atoms with Gasteiger partial charge in [-0.3, -0.25) is 0 Å². The van der Waals surface area contributed by atoms with Crippen LogP contribution in [0.3, 0.4) is 0 Å². The molecule has 26 heavy (non-hydrogen) atoms. The van der Waals surface area contributed by atoms with Crippen molar-refractivity contribution in [1.29, 1.82) is 0 Å². The van der Waals surface area contributed by atoms with Crippen molar-refractivity contribution in [3.8, 4) is 0 Å². The SMILES string of the molecule is CNC(=O)N1CCN(C(=O)Nc2ccccc2Cc2ccccc2)CC1. The Morgan fingerprint density at radius 3 is 2.08 bits per heavy atom. The molecule has 1 aliphatic rings. The van der Waals surface area contributed by atoms with E-state index in [1.165, 1.54) is 5.56 Å². The maximum atomic E-state index is 12.6. The predicted molar refractivity (Wildman–Crippen MR) is 102 cm³/mol. The highest BCUT2D eigenvalue weighted by Gasteiger charge is 2.23. The molecule has 1 aliphatic heterocycles. The van der Waals surface area contributed by atoms with Crippen molar-refractivity contribution in [2.24, 2.45) is 0 Å². The number of carbonyl (C=O) groups excluding carboxylic acids is 2. The average Bonchev–Trinajstić information content (AvgIpc) is 2.69. The van der Waals surface area contributed by atoms with Crippen LogP contribution in [0.25, 0.3) is 0 Å². The van der Waals surface area contributed by atoms with Gasteiger partial charge in [0.2, 0.25) is 0 Å². The summed E-state index contributed by atoms with van der Waals surface area (Å²) < 4.78 is 0. The first-order chi connectivity index (χ1) is 12.7. The largest absolute Gasteiger partial charge is 0.341 e. The predicted octanol–water partition coefficient (Wildman–Crippen LogP) is 2.77. The monoisotopic (exact) mass is 352 g/mol. The molecule has 4 amide bonds. The van der Waals surface area contributed by atoms with Crippen LogP contribution in [0.1, 0.15) is 11.1 Å². The lowest BCUT2D eigenvalue weighted by atomic mass is 10.0. The minimum atomic E-state index is -0.123. The summed E-state index contributed by atoms with van der Waals surface area (Å²) in [5.74, 6) is 0. The number of nitrogens with zero attached hydrogens (tertiary/aromatic N) is 2. The van der Waals surface area contributed by atoms with Gasteiger partial charge in [-0.1, -0.05) is 48.5 Å². The molecule has 0 bridgehead atoms. The second-order valence-electron chi connectivity index (χ2n) is 6.28. The summed E-state index contributed by atoms with van der Waals surface area (Å²) in [5, 5.41) is 5.64. The fourth-order valence-corrected chi connectivity index (χ4v) is 3.08. The van der Waals surface area contributed by atoms with Gasteiger partial charge in [-0.25, -0.2) is 9.59 Å². The Bertz CT molecular complexity index is 755. The van der Waals surface area contributed by atoms with Crippen molar-refractivity contribution in [2.75, 3.05) is 38.5 Å². The molecule has 1 saturated heterocycles. The van der Waals surface area contributed by atoms with Gasteiger partial charge in [-0.2, -0.15) is 0 Å². The van der Waals surface area contributed by atoms with E-state index < -0.39 is 0 Å². The van der Waals surface area contributed by atoms with Crippen LogP contribution >= 0.6 is 0 Å². The number of anilines is 1. The molecule has 3 rings (SSSR count). The third-order valence-electron chi connectivity index (χ3n) is 4.56. The highest BCUT2D eigenvalue weighted by atomic mass is 16.2.